The molecule has 0 spiro atoms. The lowest BCUT2D eigenvalue weighted by Gasteiger charge is -2.36. The van der Waals surface area contributed by atoms with Crippen molar-refractivity contribution >= 4 is 5.91 Å². The second-order valence-corrected chi connectivity index (χ2v) is 9.45. The second-order valence-electron chi connectivity index (χ2n) is 9.45. The van der Waals surface area contributed by atoms with Gasteiger partial charge in [0.05, 0.1) is 33.4 Å². The van der Waals surface area contributed by atoms with E-state index in [2.05, 4.69) is 28.0 Å². The minimum atomic E-state index is 0.0441. The summed E-state index contributed by atoms with van der Waals surface area (Å²) in [5.74, 6) is 2.86. The molecule has 3 aliphatic heterocycles. The zero-order valence-electron chi connectivity index (χ0n) is 20.3. The van der Waals surface area contributed by atoms with Crippen LogP contribution >= 0.6 is 0 Å². The molecule has 7 nitrogen and oxygen atoms in total. The van der Waals surface area contributed by atoms with Gasteiger partial charge in [0, 0.05) is 51.3 Å². The Hall–Kier alpha value is -2.77. The number of methoxy groups -OCH3 is 2. The minimum absolute atomic E-state index is 0.0441. The first-order valence-corrected chi connectivity index (χ1v) is 12.4. The zero-order valence-corrected chi connectivity index (χ0v) is 20.3. The average molecular weight is 466 g/mol. The fourth-order valence-corrected chi connectivity index (χ4v) is 5.47. The summed E-state index contributed by atoms with van der Waals surface area (Å²) in [5, 5.41) is 0. The predicted octanol–water partition coefficient (Wildman–Crippen LogP) is 3.12. The molecule has 2 saturated heterocycles. The zero-order chi connectivity index (χ0) is 23.5. The van der Waals surface area contributed by atoms with E-state index in [9.17, 15) is 4.79 Å². The third-order valence-corrected chi connectivity index (χ3v) is 7.35. The standard InChI is InChI=1S/C27H35N3O4/c1-32-22-6-8-26(33-2)23(17-22)24-4-3-10-30(24)27(31)19-29-13-11-28(12-14-29)18-20-5-7-25-21(16-20)9-15-34-25/h5-8,16-17,24H,3-4,9-15,18-19H2,1-2H3/t24-/m0/s1. The first-order chi connectivity index (χ1) is 16.6. The third-order valence-electron chi connectivity index (χ3n) is 7.35. The van der Waals surface area contributed by atoms with E-state index < -0.39 is 0 Å². The molecule has 1 atom stereocenters. The lowest BCUT2D eigenvalue weighted by molar-refractivity contribution is -0.133. The molecule has 0 radical (unpaired) electrons. The van der Waals surface area contributed by atoms with Gasteiger partial charge < -0.3 is 19.1 Å². The Labute approximate surface area is 202 Å². The molecule has 0 N–H and O–H groups in total. The van der Waals surface area contributed by atoms with Crippen molar-refractivity contribution in [3.05, 3.63) is 53.1 Å². The van der Waals surface area contributed by atoms with Crippen LogP contribution in [0.1, 0.15) is 35.6 Å². The molecule has 0 unspecified atom stereocenters. The summed E-state index contributed by atoms with van der Waals surface area (Å²) < 4.78 is 16.7. The van der Waals surface area contributed by atoms with Crippen molar-refractivity contribution in [2.45, 2.75) is 31.8 Å². The average Bonchev–Trinajstić information content (AvgIpc) is 3.54. The van der Waals surface area contributed by atoms with Crippen molar-refractivity contribution in [1.29, 1.82) is 0 Å². The Balaban J connectivity index is 1.16. The minimum Gasteiger partial charge on any atom is -0.497 e. The fourth-order valence-electron chi connectivity index (χ4n) is 5.47. The molecule has 0 aromatic heterocycles. The van der Waals surface area contributed by atoms with Crippen LogP contribution in [0.5, 0.6) is 17.2 Å². The number of ether oxygens (including phenoxy) is 3. The predicted molar refractivity (Wildman–Crippen MR) is 131 cm³/mol. The summed E-state index contributed by atoms with van der Waals surface area (Å²) >= 11 is 0. The van der Waals surface area contributed by atoms with E-state index in [0.717, 1.165) is 87.9 Å². The van der Waals surface area contributed by atoms with Crippen LogP contribution in [0.2, 0.25) is 0 Å². The Morgan fingerprint density at radius 3 is 2.62 bits per heavy atom. The number of piperazine rings is 1. The largest absolute Gasteiger partial charge is 0.497 e. The van der Waals surface area contributed by atoms with Gasteiger partial charge in [0.15, 0.2) is 0 Å². The lowest BCUT2D eigenvalue weighted by atomic mass is 10.0. The highest BCUT2D eigenvalue weighted by atomic mass is 16.5. The van der Waals surface area contributed by atoms with Crippen LogP contribution in [0, 0.1) is 0 Å². The SMILES string of the molecule is COc1ccc(OC)c([C@@H]2CCCN2C(=O)CN2CCN(Cc3ccc4c(c3)CCO4)CC2)c1. The Kier molecular flexibility index (Phi) is 6.92. The van der Waals surface area contributed by atoms with Crippen molar-refractivity contribution in [3.8, 4) is 17.2 Å². The molecule has 1 amide bonds. The first-order valence-electron chi connectivity index (χ1n) is 12.4. The maximum Gasteiger partial charge on any atom is 0.237 e. The molecule has 2 aromatic carbocycles. The van der Waals surface area contributed by atoms with Gasteiger partial charge in [-0.3, -0.25) is 14.6 Å². The van der Waals surface area contributed by atoms with Crippen LogP contribution in [0.3, 0.4) is 0 Å². The van der Waals surface area contributed by atoms with E-state index in [4.69, 9.17) is 14.2 Å². The topological polar surface area (TPSA) is 54.5 Å². The number of hydrogen-bond donors (Lipinski definition) is 0. The highest BCUT2D eigenvalue weighted by molar-refractivity contribution is 5.79. The molecule has 0 aliphatic carbocycles. The molecule has 3 heterocycles. The van der Waals surface area contributed by atoms with E-state index in [1.54, 1.807) is 14.2 Å². The Bertz CT molecular complexity index is 1020. The molecule has 0 saturated carbocycles. The molecule has 2 aromatic rings. The van der Waals surface area contributed by atoms with Crippen molar-refractivity contribution < 1.29 is 19.0 Å². The molecular weight excluding hydrogens is 430 g/mol. The second kappa shape index (κ2) is 10.2. The number of carbonyl (C=O) groups is 1. The van der Waals surface area contributed by atoms with Gasteiger partial charge in [-0.25, -0.2) is 0 Å². The quantitative estimate of drug-likeness (QED) is 0.626. The summed E-state index contributed by atoms with van der Waals surface area (Å²) in [6.07, 6.45) is 2.98. The summed E-state index contributed by atoms with van der Waals surface area (Å²) in [6, 6.07) is 12.5. The van der Waals surface area contributed by atoms with E-state index >= 15 is 0 Å². The molecule has 0 bridgehead atoms. The summed E-state index contributed by atoms with van der Waals surface area (Å²) in [5.41, 5.74) is 3.72. The van der Waals surface area contributed by atoms with E-state index in [1.807, 2.05) is 23.1 Å². The van der Waals surface area contributed by atoms with Gasteiger partial charge in [-0.15, -0.1) is 0 Å². The van der Waals surface area contributed by atoms with Crippen LogP contribution in [-0.2, 0) is 17.8 Å². The maximum absolute atomic E-state index is 13.3. The van der Waals surface area contributed by atoms with Crippen LogP contribution in [-0.4, -0.2) is 80.7 Å². The molecule has 7 heteroatoms. The van der Waals surface area contributed by atoms with Crippen LogP contribution in [0.15, 0.2) is 36.4 Å². The molecule has 3 aliphatic rings. The number of carbonyl (C=O) groups excluding carboxylic acids is 1. The van der Waals surface area contributed by atoms with Gasteiger partial charge in [-0.05, 0) is 48.2 Å². The summed E-state index contributed by atoms with van der Waals surface area (Å²) in [6.45, 7) is 6.83. The number of fused-ring (bicyclic) bond motifs is 1. The highest BCUT2D eigenvalue weighted by Gasteiger charge is 2.33. The number of nitrogens with zero attached hydrogens (tertiary/aromatic N) is 3. The number of hydrogen-bond acceptors (Lipinski definition) is 6. The molecule has 2 fully saturated rings. The first kappa shape index (κ1) is 23.0. The number of rotatable bonds is 7. The molecule has 34 heavy (non-hydrogen) atoms. The molecule has 182 valence electrons. The van der Waals surface area contributed by atoms with Crippen molar-refractivity contribution in [3.63, 3.8) is 0 Å². The van der Waals surface area contributed by atoms with Crippen molar-refractivity contribution in [2.24, 2.45) is 0 Å². The lowest BCUT2D eigenvalue weighted by Crippen LogP contribution is -2.49. The summed E-state index contributed by atoms with van der Waals surface area (Å²) in [4.78, 5) is 20.1. The van der Waals surface area contributed by atoms with Gasteiger partial charge in [0.2, 0.25) is 5.91 Å². The van der Waals surface area contributed by atoms with Crippen molar-refractivity contribution in [1.82, 2.24) is 14.7 Å². The van der Waals surface area contributed by atoms with Crippen LogP contribution in [0.25, 0.3) is 0 Å². The van der Waals surface area contributed by atoms with E-state index in [0.29, 0.717) is 6.54 Å². The third kappa shape index (κ3) is 4.86. The number of benzene rings is 2. The maximum atomic E-state index is 13.3. The van der Waals surface area contributed by atoms with Gasteiger partial charge in [0.25, 0.3) is 0 Å². The Morgan fingerprint density at radius 2 is 1.82 bits per heavy atom. The van der Waals surface area contributed by atoms with E-state index in [1.165, 1.54) is 11.1 Å². The van der Waals surface area contributed by atoms with E-state index in [-0.39, 0.29) is 11.9 Å². The summed E-state index contributed by atoms with van der Waals surface area (Å²) in [7, 11) is 3.35. The van der Waals surface area contributed by atoms with Crippen LogP contribution in [0.4, 0.5) is 0 Å². The number of amides is 1. The van der Waals surface area contributed by atoms with Gasteiger partial charge >= 0.3 is 0 Å². The molecular formula is C27H35N3O4. The van der Waals surface area contributed by atoms with Crippen molar-refractivity contribution in [2.75, 3.05) is 60.1 Å². The van der Waals surface area contributed by atoms with Gasteiger partial charge in [0.1, 0.15) is 17.2 Å². The van der Waals surface area contributed by atoms with Gasteiger partial charge in [-0.1, -0.05) is 12.1 Å². The Morgan fingerprint density at radius 1 is 1.00 bits per heavy atom. The molecule has 5 rings (SSSR count). The monoisotopic (exact) mass is 465 g/mol. The van der Waals surface area contributed by atoms with Crippen LogP contribution < -0.4 is 14.2 Å². The highest BCUT2D eigenvalue weighted by Crippen LogP contribution is 2.39. The normalized spacial score (nSPS) is 20.8. The smallest absolute Gasteiger partial charge is 0.237 e. The van der Waals surface area contributed by atoms with Gasteiger partial charge in [-0.2, -0.15) is 0 Å². The fraction of sp³-hybridized carbons (Fsp3) is 0.519. The number of likely N-dealkylation sites (tertiary alicyclic amines) is 1.